The molecule has 0 fully saturated rings. The van der Waals surface area contributed by atoms with Gasteiger partial charge in [-0.25, -0.2) is 0 Å². The molecule has 1 aromatic heterocycles. The number of benzene rings is 2. The zero-order valence-electron chi connectivity index (χ0n) is 14.2. The van der Waals surface area contributed by atoms with E-state index in [9.17, 15) is 22.8 Å². The monoisotopic (exact) mass is 457 g/mol. The molecule has 0 unspecified atom stereocenters. The molecule has 0 radical (unpaired) electrons. The van der Waals surface area contributed by atoms with Gasteiger partial charge in [-0.15, -0.1) is 0 Å². The summed E-state index contributed by atoms with van der Waals surface area (Å²) in [7, 11) is 0. The molecule has 9 heteroatoms. The molecule has 3 aromatic rings. The molecule has 1 amide bonds. The molecule has 2 aromatic carbocycles. The van der Waals surface area contributed by atoms with Crippen LogP contribution in [0.25, 0.3) is 20.8 Å². The molecule has 28 heavy (non-hydrogen) atoms. The number of alkyl halides is 3. The number of aliphatic carboxylic acids is 1. The van der Waals surface area contributed by atoms with Gasteiger partial charge >= 0.3 is 163 Å². The number of carbonyl (C=O) groups excluding carboxylic acids is 1. The maximum atomic E-state index is 12.6. The van der Waals surface area contributed by atoms with Crippen molar-refractivity contribution in [1.29, 1.82) is 0 Å². The van der Waals surface area contributed by atoms with E-state index < -0.39 is 32.7 Å². The van der Waals surface area contributed by atoms with E-state index in [4.69, 9.17) is 10.8 Å². The number of carboxylic acid groups (broad SMARTS) is 1. The van der Waals surface area contributed by atoms with E-state index >= 15 is 0 Å². The van der Waals surface area contributed by atoms with E-state index in [1.165, 1.54) is 18.2 Å². The number of hydrogen-bond acceptors (Lipinski definition) is 3. The molecule has 146 valence electrons. The van der Waals surface area contributed by atoms with Crippen LogP contribution in [0.1, 0.15) is 21.2 Å². The summed E-state index contributed by atoms with van der Waals surface area (Å²) in [6.45, 7) is 0. The van der Waals surface area contributed by atoms with Crippen molar-refractivity contribution in [2.24, 2.45) is 5.73 Å². The summed E-state index contributed by atoms with van der Waals surface area (Å²) in [5.74, 6) is -1.96. The van der Waals surface area contributed by atoms with Gasteiger partial charge in [0.1, 0.15) is 0 Å². The van der Waals surface area contributed by atoms with Gasteiger partial charge in [-0.1, -0.05) is 0 Å². The van der Waals surface area contributed by atoms with Crippen LogP contribution in [0.5, 0.6) is 5.75 Å². The van der Waals surface area contributed by atoms with Gasteiger partial charge in [-0.2, -0.15) is 0 Å². The summed E-state index contributed by atoms with van der Waals surface area (Å²) < 4.78 is 42.8. The Hall–Kier alpha value is -2.77. The standard InChI is InChI=1S/C19H14F3NO4Se/c20-19(21,22)27-12-5-6-14-13(9-12)16(17(28-14)18(23)26)11-3-1-2-10(8-11)4-7-15(24)25/h1-3,5-6,8-9H,4,7H2,(H2,23,26)(H,24,25). The third kappa shape index (κ3) is 4.55. The van der Waals surface area contributed by atoms with Crippen molar-refractivity contribution in [3.8, 4) is 16.9 Å². The van der Waals surface area contributed by atoms with Crippen molar-refractivity contribution < 1.29 is 32.6 Å². The Labute approximate surface area is 163 Å². The Balaban J connectivity index is 2.13. The van der Waals surface area contributed by atoms with Gasteiger partial charge in [0.2, 0.25) is 0 Å². The van der Waals surface area contributed by atoms with E-state index in [2.05, 4.69) is 4.74 Å². The Morgan fingerprint density at radius 2 is 1.89 bits per heavy atom. The number of amides is 1. The Kier molecular flexibility index (Phi) is 5.49. The van der Waals surface area contributed by atoms with Crippen LogP contribution >= 0.6 is 0 Å². The maximum absolute atomic E-state index is 12.6. The average molecular weight is 456 g/mol. The number of hydrogen-bond donors (Lipinski definition) is 2. The summed E-state index contributed by atoms with van der Waals surface area (Å²) in [6, 6.07) is 10.9. The van der Waals surface area contributed by atoms with Crippen LogP contribution in [0.4, 0.5) is 13.2 Å². The molecular weight excluding hydrogens is 442 g/mol. The predicted molar refractivity (Wildman–Crippen MR) is 97.5 cm³/mol. The molecule has 0 saturated carbocycles. The fraction of sp³-hybridized carbons (Fsp3) is 0.158. The second-order valence-corrected chi connectivity index (χ2v) is 8.18. The molecule has 0 bridgehead atoms. The van der Waals surface area contributed by atoms with Crippen LogP contribution < -0.4 is 10.5 Å². The Morgan fingerprint density at radius 1 is 1.14 bits per heavy atom. The van der Waals surface area contributed by atoms with Crippen molar-refractivity contribution in [3.05, 3.63) is 52.5 Å². The minimum atomic E-state index is -4.83. The third-order valence-corrected chi connectivity index (χ3v) is 6.45. The molecule has 3 rings (SSSR count). The second kappa shape index (κ2) is 7.69. The van der Waals surface area contributed by atoms with Crippen LogP contribution in [-0.4, -0.2) is 37.8 Å². The van der Waals surface area contributed by atoms with Gasteiger partial charge < -0.3 is 0 Å². The molecule has 5 nitrogen and oxygen atoms in total. The SMILES string of the molecule is NC(=O)c1[se]c2ccc(OC(F)(F)F)cc2c1-c1cccc(CCC(=O)O)c1. The van der Waals surface area contributed by atoms with Crippen molar-refractivity contribution in [3.63, 3.8) is 0 Å². The number of aryl methyl sites for hydroxylation is 1. The molecule has 0 saturated heterocycles. The van der Waals surface area contributed by atoms with Crippen LogP contribution in [-0.2, 0) is 11.2 Å². The normalized spacial score (nSPS) is 11.5. The molecule has 0 aliphatic rings. The predicted octanol–water partition coefficient (Wildman–Crippen LogP) is 3.58. The molecule has 0 atom stereocenters. The van der Waals surface area contributed by atoms with Gasteiger partial charge in [0.05, 0.1) is 0 Å². The van der Waals surface area contributed by atoms with Crippen LogP contribution in [0.3, 0.4) is 0 Å². The van der Waals surface area contributed by atoms with Gasteiger partial charge in [0.15, 0.2) is 0 Å². The van der Waals surface area contributed by atoms with E-state index in [1.54, 1.807) is 24.3 Å². The minimum absolute atomic E-state index is 0.0602. The summed E-state index contributed by atoms with van der Waals surface area (Å²) >= 11 is -0.454. The second-order valence-electron chi connectivity index (χ2n) is 5.97. The zero-order chi connectivity index (χ0) is 20.5. The number of carbonyl (C=O) groups is 2. The third-order valence-electron chi connectivity index (χ3n) is 3.96. The van der Waals surface area contributed by atoms with Crippen LogP contribution in [0, 0.1) is 0 Å². The first-order chi connectivity index (χ1) is 13.1. The van der Waals surface area contributed by atoms with Crippen molar-refractivity contribution in [2.45, 2.75) is 19.2 Å². The van der Waals surface area contributed by atoms with Gasteiger partial charge in [-0.3, -0.25) is 0 Å². The molecule has 1 heterocycles. The number of halogens is 3. The van der Waals surface area contributed by atoms with E-state index in [0.717, 1.165) is 9.82 Å². The summed E-state index contributed by atoms with van der Waals surface area (Å²) in [6.07, 6.45) is -4.60. The van der Waals surface area contributed by atoms with E-state index in [0.29, 0.717) is 21.0 Å². The summed E-state index contributed by atoms with van der Waals surface area (Å²) in [5, 5.41) is 9.31. The van der Waals surface area contributed by atoms with Gasteiger partial charge in [0, 0.05) is 0 Å². The number of primary amides is 1. The molecule has 3 N–H and O–H groups in total. The molecule has 0 spiro atoms. The van der Waals surface area contributed by atoms with Gasteiger partial charge in [0.25, 0.3) is 0 Å². The number of ether oxygens (including phenoxy) is 1. The fourth-order valence-electron chi connectivity index (χ4n) is 2.87. The van der Waals surface area contributed by atoms with Crippen LogP contribution in [0.2, 0.25) is 0 Å². The number of rotatable bonds is 6. The van der Waals surface area contributed by atoms with Crippen molar-refractivity contribution >= 4 is 36.0 Å². The zero-order valence-corrected chi connectivity index (χ0v) is 16.0. The van der Waals surface area contributed by atoms with Gasteiger partial charge in [-0.05, 0) is 0 Å². The fourth-order valence-corrected chi connectivity index (χ4v) is 5.09. The average Bonchev–Trinajstić information content (AvgIpc) is 2.98. The molecule has 0 aliphatic heterocycles. The molecular formula is C19H14F3NO4Se. The van der Waals surface area contributed by atoms with Crippen molar-refractivity contribution in [1.82, 2.24) is 0 Å². The topological polar surface area (TPSA) is 89.6 Å². The quantitative estimate of drug-likeness (QED) is 0.555. The van der Waals surface area contributed by atoms with E-state index in [1.807, 2.05) is 0 Å². The first-order valence-corrected chi connectivity index (χ1v) is 9.78. The van der Waals surface area contributed by atoms with Crippen molar-refractivity contribution in [2.75, 3.05) is 0 Å². The Bertz CT molecular complexity index is 1060. The Morgan fingerprint density at radius 3 is 2.54 bits per heavy atom. The summed E-state index contributed by atoms with van der Waals surface area (Å²) in [4.78, 5) is 22.8. The number of carboxylic acids is 1. The number of nitrogens with two attached hydrogens (primary N) is 1. The first kappa shape index (κ1) is 20.0. The number of fused-ring (bicyclic) bond motifs is 1. The molecule has 0 aliphatic carbocycles. The summed E-state index contributed by atoms with van der Waals surface area (Å²) in [5.41, 5.74) is 7.31. The van der Waals surface area contributed by atoms with Crippen LogP contribution in [0.15, 0.2) is 42.5 Å². The first-order valence-electron chi connectivity index (χ1n) is 8.07. The van der Waals surface area contributed by atoms with E-state index in [-0.39, 0.29) is 18.6 Å².